The SMILES string of the molecule is COC1(C)CCCN(CCNCCc2ccsc2)C1. The van der Waals surface area contributed by atoms with E-state index in [1.165, 1.54) is 24.9 Å². The number of rotatable bonds is 7. The smallest absolute Gasteiger partial charge is 0.0777 e. The van der Waals surface area contributed by atoms with Crippen molar-refractivity contribution in [1.82, 2.24) is 10.2 Å². The molecule has 0 bridgehead atoms. The maximum Gasteiger partial charge on any atom is 0.0777 e. The molecule has 1 saturated heterocycles. The molecule has 0 aliphatic carbocycles. The minimum Gasteiger partial charge on any atom is -0.377 e. The van der Waals surface area contributed by atoms with Gasteiger partial charge in [-0.25, -0.2) is 0 Å². The lowest BCUT2D eigenvalue weighted by molar-refractivity contribution is -0.0501. The summed E-state index contributed by atoms with van der Waals surface area (Å²) in [6, 6.07) is 2.21. The van der Waals surface area contributed by atoms with Crippen LogP contribution in [0.15, 0.2) is 16.8 Å². The molecule has 1 atom stereocenters. The van der Waals surface area contributed by atoms with Crippen LogP contribution in [0.4, 0.5) is 0 Å². The van der Waals surface area contributed by atoms with Crippen molar-refractivity contribution in [3.8, 4) is 0 Å². The lowest BCUT2D eigenvalue weighted by Crippen LogP contribution is -2.49. The van der Waals surface area contributed by atoms with Gasteiger partial charge in [-0.05, 0) is 61.7 Å². The van der Waals surface area contributed by atoms with E-state index in [2.05, 4.69) is 34.0 Å². The third-order valence-electron chi connectivity index (χ3n) is 4.01. The zero-order valence-corrected chi connectivity index (χ0v) is 13.0. The first-order valence-electron chi connectivity index (χ1n) is 7.21. The molecule has 1 aromatic heterocycles. The monoisotopic (exact) mass is 282 g/mol. The molecule has 1 aromatic rings. The minimum absolute atomic E-state index is 0.0644. The molecule has 2 heterocycles. The molecule has 1 N–H and O–H groups in total. The second kappa shape index (κ2) is 7.39. The highest BCUT2D eigenvalue weighted by Gasteiger charge is 2.30. The van der Waals surface area contributed by atoms with Crippen molar-refractivity contribution in [2.24, 2.45) is 0 Å². The third-order valence-corrected chi connectivity index (χ3v) is 4.74. The molecular formula is C15H26N2OS. The fraction of sp³-hybridized carbons (Fsp3) is 0.733. The molecule has 2 rings (SSSR count). The van der Waals surface area contributed by atoms with E-state index >= 15 is 0 Å². The van der Waals surface area contributed by atoms with Crippen molar-refractivity contribution < 1.29 is 4.74 Å². The summed E-state index contributed by atoms with van der Waals surface area (Å²) in [6.07, 6.45) is 3.57. The van der Waals surface area contributed by atoms with Crippen LogP contribution in [0.1, 0.15) is 25.3 Å². The van der Waals surface area contributed by atoms with E-state index in [9.17, 15) is 0 Å². The van der Waals surface area contributed by atoms with Crippen LogP contribution in [0.3, 0.4) is 0 Å². The molecule has 108 valence electrons. The third kappa shape index (κ3) is 4.88. The molecule has 0 aromatic carbocycles. The molecule has 4 heteroatoms. The Balaban J connectivity index is 1.58. The maximum atomic E-state index is 5.62. The van der Waals surface area contributed by atoms with Crippen LogP contribution in [0, 0.1) is 0 Å². The van der Waals surface area contributed by atoms with Crippen molar-refractivity contribution in [2.45, 2.75) is 31.8 Å². The number of ether oxygens (including phenoxy) is 1. The highest BCUT2D eigenvalue weighted by atomic mass is 32.1. The van der Waals surface area contributed by atoms with Crippen LogP contribution in [0.5, 0.6) is 0 Å². The Labute approximate surface area is 121 Å². The van der Waals surface area contributed by atoms with E-state index in [1.807, 2.05) is 7.11 Å². The number of methoxy groups -OCH3 is 1. The predicted molar refractivity (Wildman–Crippen MR) is 82.0 cm³/mol. The second-order valence-electron chi connectivity index (χ2n) is 5.67. The number of hydrogen-bond acceptors (Lipinski definition) is 4. The Morgan fingerprint density at radius 1 is 1.47 bits per heavy atom. The summed E-state index contributed by atoms with van der Waals surface area (Å²) in [4.78, 5) is 2.52. The maximum absolute atomic E-state index is 5.62. The van der Waals surface area contributed by atoms with Gasteiger partial charge in [-0.3, -0.25) is 4.90 Å². The molecule has 3 nitrogen and oxygen atoms in total. The van der Waals surface area contributed by atoms with E-state index in [0.29, 0.717) is 0 Å². The molecule has 1 fully saturated rings. The first-order valence-corrected chi connectivity index (χ1v) is 8.15. The van der Waals surface area contributed by atoms with Gasteiger partial charge in [0.15, 0.2) is 0 Å². The van der Waals surface area contributed by atoms with Gasteiger partial charge in [0.05, 0.1) is 5.60 Å². The van der Waals surface area contributed by atoms with Gasteiger partial charge < -0.3 is 10.1 Å². The molecule has 1 aliphatic rings. The Kier molecular flexibility index (Phi) is 5.82. The average molecular weight is 282 g/mol. The number of hydrogen-bond donors (Lipinski definition) is 1. The summed E-state index contributed by atoms with van der Waals surface area (Å²) in [7, 11) is 1.84. The minimum atomic E-state index is 0.0644. The van der Waals surface area contributed by atoms with Gasteiger partial charge in [0.1, 0.15) is 0 Å². The summed E-state index contributed by atoms with van der Waals surface area (Å²) >= 11 is 1.78. The van der Waals surface area contributed by atoms with Gasteiger partial charge >= 0.3 is 0 Å². The molecular weight excluding hydrogens is 256 g/mol. The number of thiophene rings is 1. The Morgan fingerprint density at radius 3 is 3.11 bits per heavy atom. The average Bonchev–Trinajstić information content (AvgIpc) is 2.92. The lowest BCUT2D eigenvalue weighted by Gasteiger charge is -2.39. The molecule has 0 saturated carbocycles. The summed E-state index contributed by atoms with van der Waals surface area (Å²) < 4.78 is 5.62. The normalized spacial score (nSPS) is 24.7. The van der Waals surface area contributed by atoms with Crippen LogP contribution in [-0.4, -0.2) is 50.3 Å². The van der Waals surface area contributed by atoms with Crippen LogP contribution >= 0.6 is 11.3 Å². The fourth-order valence-electron chi connectivity index (χ4n) is 2.70. The number of likely N-dealkylation sites (tertiary alicyclic amines) is 1. The predicted octanol–water partition coefficient (Wildman–Crippen LogP) is 2.38. The topological polar surface area (TPSA) is 24.5 Å². The van der Waals surface area contributed by atoms with Crippen molar-refractivity contribution >= 4 is 11.3 Å². The highest BCUT2D eigenvalue weighted by Crippen LogP contribution is 2.23. The zero-order valence-electron chi connectivity index (χ0n) is 12.2. The summed E-state index contributed by atoms with van der Waals surface area (Å²) in [5, 5.41) is 7.92. The summed E-state index contributed by atoms with van der Waals surface area (Å²) in [6.45, 7) is 7.78. The molecule has 19 heavy (non-hydrogen) atoms. The van der Waals surface area contributed by atoms with Crippen molar-refractivity contribution in [3.05, 3.63) is 22.4 Å². The standard InChI is InChI=1S/C15H26N2OS/c1-15(18-2)6-3-9-17(13-15)10-8-16-7-4-14-5-11-19-12-14/h5,11-12,16H,3-4,6-10,13H2,1-2H3. The van der Waals surface area contributed by atoms with E-state index < -0.39 is 0 Å². The van der Waals surface area contributed by atoms with E-state index in [1.54, 1.807) is 11.3 Å². The van der Waals surface area contributed by atoms with Gasteiger partial charge in [0, 0.05) is 26.7 Å². The molecule has 0 spiro atoms. The zero-order chi connectivity index (χ0) is 13.6. The molecule has 0 amide bonds. The number of nitrogens with zero attached hydrogens (tertiary/aromatic N) is 1. The summed E-state index contributed by atoms with van der Waals surface area (Å²) in [5.41, 5.74) is 1.51. The van der Waals surface area contributed by atoms with Gasteiger partial charge in [0.2, 0.25) is 0 Å². The number of piperidine rings is 1. The van der Waals surface area contributed by atoms with Gasteiger partial charge in [0.25, 0.3) is 0 Å². The van der Waals surface area contributed by atoms with Crippen LogP contribution in [-0.2, 0) is 11.2 Å². The Hall–Kier alpha value is -0.420. The Morgan fingerprint density at radius 2 is 2.37 bits per heavy atom. The second-order valence-corrected chi connectivity index (χ2v) is 6.45. The van der Waals surface area contributed by atoms with E-state index in [4.69, 9.17) is 4.74 Å². The first-order chi connectivity index (χ1) is 9.22. The number of nitrogens with one attached hydrogen (secondary N) is 1. The summed E-state index contributed by atoms with van der Waals surface area (Å²) in [5.74, 6) is 0. The van der Waals surface area contributed by atoms with Crippen molar-refractivity contribution in [1.29, 1.82) is 0 Å². The lowest BCUT2D eigenvalue weighted by atomic mass is 9.95. The van der Waals surface area contributed by atoms with E-state index in [-0.39, 0.29) is 5.60 Å². The van der Waals surface area contributed by atoms with Crippen molar-refractivity contribution in [3.63, 3.8) is 0 Å². The molecule has 1 unspecified atom stereocenters. The first kappa shape index (κ1) is 15.0. The fourth-order valence-corrected chi connectivity index (χ4v) is 3.40. The molecule has 1 aliphatic heterocycles. The van der Waals surface area contributed by atoms with E-state index in [0.717, 1.165) is 32.6 Å². The quantitative estimate of drug-likeness (QED) is 0.777. The van der Waals surface area contributed by atoms with Crippen LogP contribution < -0.4 is 5.32 Å². The largest absolute Gasteiger partial charge is 0.377 e. The van der Waals surface area contributed by atoms with Crippen LogP contribution in [0.25, 0.3) is 0 Å². The van der Waals surface area contributed by atoms with Crippen LogP contribution in [0.2, 0.25) is 0 Å². The highest BCUT2D eigenvalue weighted by molar-refractivity contribution is 7.07. The Bertz CT molecular complexity index is 355. The molecule has 0 radical (unpaired) electrons. The van der Waals surface area contributed by atoms with Gasteiger partial charge in [-0.1, -0.05) is 0 Å². The van der Waals surface area contributed by atoms with Gasteiger partial charge in [-0.15, -0.1) is 0 Å². The van der Waals surface area contributed by atoms with Gasteiger partial charge in [-0.2, -0.15) is 11.3 Å². The van der Waals surface area contributed by atoms with Crippen molar-refractivity contribution in [2.75, 3.05) is 39.8 Å².